The Kier molecular flexibility index (Phi) is 5.48. The van der Waals surface area contributed by atoms with Crippen LogP contribution in [0.15, 0.2) is 42.5 Å². The molecule has 2 aliphatic rings. The average Bonchev–Trinajstić information content (AvgIpc) is 2.90. The first kappa shape index (κ1) is 21.9. The maximum atomic E-state index is 13.0. The molecule has 2 N–H and O–H groups in total. The fourth-order valence-corrected chi connectivity index (χ4v) is 3.92. The van der Waals surface area contributed by atoms with E-state index < -0.39 is 23.1 Å². The van der Waals surface area contributed by atoms with E-state index in [1.165, 1.54) is 12.1 Å². The highest BCUT2D eigenvalue weighted by Crippen LogP contribution is 2.38. The SMILES string of the molecule is CC1(C)Cc2ccc(NC(=O)/C=C3\CCCOc4cc(C(F)(F)F)ccc43)cc2NC1=O. The van der Waals surface area contributed by atoms with Crippen molar-refractivity contribution in [2.45, 2.75) is 39.3 Å². The van der Waals surface area contributed by atoms with Crippen molar-refractivity contribution in [1.82, 2.24) is 0 Å². The molecule has 0 unspecified atom stereocenters. The molecular weight excluding hydrogens is 421 g/mol. The number of nitrogens with one attached hydrogen (secondary N) is 2. The Morgan fingerprint density at radius 3 is 2.72 bits per heavy atom. The summed E-state index contributed by atoms with van der Waals surface area (Å²) in [6.45, 7) is 4.02. The van der Waals surface area contributed by atoms with E-state index >= 15 is 0 Å². The van der Waals surface area contributed by atoms with E-state index in [0.29, 0.717) is 41.8 Å². The van der Waals surface area contributed by atoms with E-state index in [1.807, 2.05) is 19.9 Å². The van der Waals surface area contributed by atoms with Gasteiger partial charge in [-0.3, -0.25) is 9.59 Å². The van der Waals surface area contributed by atoms with Gasteiger partial charge in [-0.1, -0.05) is 26.0 Å². The lowest BCUT2D eigenvalue weighted by atomic mass is 9.81. The molecule has 8 heteroatoms. The van der Waals surface area contributed by atoms with Crippen molar-refractivity contribution >= 4 is 28.8 Å². The highest BCUT2D eigenvalue weighted by molar-refractivity contribution is 6.05. The highest BCUT2D eigenvalue weighted by atomic mass is 19.4. The van der Waals surface area contributed by atoms with Crippen LogP contribution in [0.4, 0.5) is 24.5 Å². The number of benzene rings is 2. The van der Waals surface area contributed by atoms with Crippen LogP contribution in [-0.2, 0) is 22.2 Å². The van der Waals surface area contributed by atoms with Crippen LogP contribution in [0.5, 0.6) is 5.75 Å². The lowest BCUT2D eigenvalue weighted by molar-refractivity contribution is -0.137. The molecule has 0 saturated carbocycles. The summed E-state index contributed by atoms with van der Waals surface area (Å²) in [5.74, 6) is -0.366. The van der Waals surface area contributed by atoms with Crippen LogP contribution < -0.4 is 15.4 Å². The first-order valence-corrected chi connectivity index (χ1v) is 10.3. The topological polar surface area (TPSA) is 67.4 Å². The van der Waals surface area contributed by atoms with Gasteiger partial charge in [-0.2, -0.15) is 13.2 Å². The predicted octanol–water partition coefficient (Wildman–Crippen LogP) is 5.42. The van der Waals surface area contributed by atoms with Gasteiger partial charge in [0.15, 0.2) is 0 Å². The van der Waals surface area contributed by atoms with Crippen molar-refractivity contribution in [3.05, 3.63) is 59.2 Å². The van der Waals surface area contributed by atoms with Gasteiger partial charge in [0, 0.05) is 28.4 Å². The van der Waals surface area contributed by atoms with E-state index in [1.54, 1.807) is 12.1 Å². The van der Waals surface area contributed by atoms with Crippen molar-refractivity contribution in [2.75, 3.05) is 17.2 Å². The number of carbonyl (C=O) groups excluding carboxylic acids is 2. The van der Waals surface area contributed by atoms with E-state index in [-0.39, 0.29) is 18.3 Å². The highest BCUT2D eigenvalue weighted by Gasteiger charge is 2.34. The molecule has 2 aromatic carbocycles. The van der Waals surface area contributed by atoms with Crippen LogP contribution in [-0.4, -0.2) is 18.4 Å². The molecule has 32 heavy (non-hydrogen) atoms. The molecule has 0 bridgehead atoms. The second-order valence-electron chi connectivity index (χ2n) is 8.71. The number of rotatable bonds is 2. The van der Waals surface area contributed by atoms with Crippen LogP contribution >= 0.6 is 0 Å². The molecule has 2 amide bonds. The number of alkyl halides is 3. The minimum Gasteiger partial charge on any atom is -0.493 e. The Labute approximate surface area is 183 Å². The van der Waals surface area contributed by atoms with Gasteiger partial charge in [0.25, 0.3) is 0 Å². The molecule has 0 fully saturated rings. The monoisotopic (exact) mass is 444 g/mol. The van der Waals surface area contributed by atoms with Gasteiger partial charge in [0.2, 0.25) is 11.8 Å². The zero-order valence-corrected chi connectivity index (χ0v) is 17.7. The molecule has 0 spiro atoms. The number of carbonyl (C=O) groups is 2. The van der Waals surface area contributed by atoms with E-state index in [0.717, 1.165) is 17.7 Å². The Hall–Kier alpha value is -3.29. The van der Waals surface area contributed by atoms with E-state index in [9.17, 15) is 22.8 Å². The number of halogens is 3. The number of fused-ring (bicyclic) bond motifs is 2. The van der Waals surface area contributed by atoms with Gasteiger partial charge in [0.1, 0.15) is 5.75 Å². The maximum Gasteiger partial charge on any atom is 0.416 e. The maximum absolute atomic E-state index is 13.0. The molecule has 0 aliphatic carbocycles. The molecule has 2 aliphatic heterocycles. The second-order valence-corrected chi connectivity index (χ2v) is 8.71. The molecule has 2 aromatic rings. The number of ether oxygens (including phenoxy) is 1. The van der Waals surface area contributed by atoms with Crippen LogP contribution in [0.2, 0.25) is 0 Å². The van der Waals surface area contributed by atoms with Crippen LogP contribution in [0, 0.1) is 5.41 Å². The summed E-state index contributed by atoms with van der Waals surface area (Å²) in [4.78, 5) is 24.9. The third-order valence-corrected chi connectivity index (χ3v) is 5.68. The third-order valence-electron chi connectivity index (χ3n) is 5.68. The summed E-state index contributed by atoms with van der Waals surface area (Å²) < 4.78 is 44.6. The smallest absolute Gasteiger partial charge is 0.416 e. The number of hydrogen-bond acceptors (Lipinski definition) is 3. The molecule has 5 nitrogen and oxygen atoms in total. The van der Waals surface area contributed by atoms with Gasteiger partial charge in [0.05, 0.1) is 12.2 Å². The van der Waals surface area contributed by atoms with Crippen LogP contribution in [0.1, 0.15) is 43.4 Å². The molecule has 4 rings (SSSR count). The van der Waals surface area contributed by atoms with Crippen molar-refractivity contribution in [1.29, 1.82) is 0 Å². The zero-order valence-electron chi connectivity index (χ0n) is 17.7. The fourth-order valence-electron chi connectivity index (χ4n) is 3.92. The minimum atomic E-state index is -4.47. The van der Waals surface area contributed by atoms with E-state index in [2.05, 4.69) is 10.6 Å². The molecule has 0 saturated heterocycles. The molecular formula is C24H23F3N2O3. The Balaban J connectivity index is 1.56. The van der Waals surface area contributed by atoms with Crippen molar-refractivity contribution in [3.63, 3.8) is 0 Å². The number of anilines is 2. The van der Waals surface area contributed by atoms with E-state index in [4.69, 9.17) is 4.74 Å². The Bertz CT molecular complexity index is 1120. The van der Waals surface area contributed by atoms with Gasteiger partial charge < -0.3 is 15.4 Å². The van der Waals surface area contributed by atoms with Crippen molar-refractivity contribution in [2.24, 2.45) is 5.41 Å². The summed E-state index contributed by atoms with van der Waals surface area (Å²) in [5.41, 5.74) is 1.96. The molecule has 0 radical (unpaired) electrons. The summed E-state index contributed by atoms with van der Waals surface area (Å²) in [7, 11) is 0. The van der Waals surface area contributed by atoms with Gasteiger partial charge in [-0.25, -0.2) is 0 Å². The van der Waals surface area contributed by atoms with Crippen molar-refractivity contribution in [3.8, 4) is 5.75 Å². The quantitative estimate of drug-likeness (QED) is 0.608. The second kappa shape index (κ2) is 8.00. The summed E-state index contributed by atoms with van der Waals surface area (Å²) in [6.07, 6.45) is -1.40. The average molecular weight is 444 g/mol. The van der Waals surface area contributed by atoms with Crippen molar-refractivity contribution < 1.29 is 27.5 Å². The van der Waals surface area contributed by atoms with Gasteiger partial charge in [-0.15, -0.1) is 0 Å². The fraction of sp³-hybridized carbons (Fsp3) is 0.333. The van der Waals surface area contributed by atoms with Gasteiger partial charge in [-0.05, 0) is 54.7 Å². The first-order valence-electron chi connectivity index (χ1n) is 10.3. The minimum absolute atomic E-state index is 0.0797. The molecule has 168 valence electrons. The number of hydrogen-bond donors (Lipinski definition) is 2. The number of allylic oxidation sites excluding steroid dienone is 1. The lowest BCUT2D eigenvalue weighted by Gasteiger charge is -2.30. The Morgan fingerprint density at radius 2 is 1.97 bits per heavy atom. The third kappa shape index (κ3) is 4.49. The molecule has 0 atom stereocenters. The first-order chi connectivity index (χ1) is 15.0. The normalized spacial score (nSPS) is 18.7. The molecule has 2 heterocycles. The van der Waals surface area contributed by atoms with Crippen LogP contribution in [0.25, 0.3) is 5.57 Å². The lowest BCUT2D eigenvalue weighted by Crippen LogP contribution is -2.37. The summed E-state index contributed by atoms with van der Waals surface area (Å²) >= 11 is 0. The Morgan fingerprint density at radius 1 is 1.19 bits per heavy atom. The number of amides is 2. The standard InChI is InChI=1S/C24H23F3N2O3/c1-23(2)13-15-5-7-17(12-19(15)29-22(23)31)28-21(30)10-14-4-3-9-32-20-11-16(24(25,26)27)6-8-18(14)20/h5-8,10-12H,3-4,9,13H2,1-2H3,(H,28,30)(H,29,31)/b14-10+. The predicted molar refractivity (Wildman–Crippen MR) is 115 cm³/mol. The largest absolute Gasteiger partial charge is 0.493 e. The van der Waals surface area contributed by atoms with Gasteiger partial charge >= 0.3 is 6.18 Å². The zero-order chi connectivity index (χ0) is 23.1. The molecule has 0 aromatic heterocycles. The summed E-state index contributed by atoms with van der Waals surface area (Å²) in [5, 5.41) is 5.64. The summed E-state index contributed by atoms with van der Waals surface area (Å²) in [6, 6.07) is 8.65. The van der Waals surface area contributed by atoms with Crippen LogP contribution in [0.3, 0.4) is 0 Å².